The van der Waals surface area contributed by atoms with Gasteiger partial charge < -0.3 is 14.2 Å². The van der Waals surface area contributed by atoms with Crippen molar-refractivity contribution in [3.05, 3.63) is 34.0 Å². The third-order valence-electron chi connectivity index (χ3n) is 3.89. The van der Waals surface area contributed by atoms with Gasteiger partial charge in [0.05, 0.1) is 0 Å². The maximum Gasteiger partial charge on any atom is 0.235 e. The van der Waals surface area contributed by atoms with E-state index < -0.39 is 0 Å². The number of carbonyl (C=O) groups is 1. The molecule has 0 N–H and O–H groups in total. The predicted octanol–water partition coefficient (Wildman–Crippen LogP) is 2.84. The monoisotopic (exact) mass is 342 g/mol. The Hall–Kier alpha value is -2.59. The van der Waals surface area contributed by atoms with E-state index in [1.807, 2.05) is 40.3 Å². The fourth-order valence-electron chi connectivity index (χ4n) is 2.61. The Morgan fingerprint density at radius 1 is 1.42 bits per heavy atom. The average molecular weight is 342 g/mol. The number of nitriles is 1. The van der Waals surface area contributed by atoms with Gasteiger partial charge in [-0.15, -0.1) is 11.3 Å². The second-order valence-electron chi connectivity index (χ2n) is 5.39. The molecular formula is C17H18N4O2S. The van der Waals surface area contributed by atoms with Crippen LogP contribution in [-0.2, 0) is 4.79 Å². The van der Waals surface area contributed by atoms with E-state index in [-0.39, 0.29) is 11.6 Å². The van der Waals surface area contributed by atoms with Crippen molar-refractivity contribution in [2.45, 2.75) is 13.3 Å². The minimum Gasteiger partial charge on any atom is -0.420 e. The fraction of sp³-hybridized carbons (Fsp3) is 0.353. The molecule has 0 saturated carbocycles. The molecule has 0 bridgehead atoms. The summed E-state index contributed by atoms with van der Waals surface area (Å²) in [5.41, 5.74) is 0.288. The molecule has 0 aliphatic carbocycles. The highest BCUT2D eigenvalue weighted by Gasteiger charge is 2.25. The molecule has 0 radical (unpaired) electrons. The lowest BCUT2D eigenvalue weighted by molar-refractivity contribution is -0.131. The van der Waals surface area contributed by atoms with E-state index in [0.29, 0.717) is 44.4 Å². The highest BCUT2D eigenvalue weighted by atomic mass is 32.1. The van der Waals surface area contributed by atoms with Crippen molar-refractivity contribution >= 4 is 35.3 Å². The fourth-order valence-corrected chi connectivity index (χ4v) is 3.23. The van der Waals surface area contributed by atoms with Gasteiger partial charge in [0.2, 0.25) is 23.4 Å². The van der Waals surface area contributed by atoms with Crippen LogP contribution in [-0.4, -0.2) is 42.0 Å². The minimum atomic E-state index is 0.160. The summed E-state index contributed by atoms with van der Waals surface area (Å²) in [6.45, 7) is 4.43. The van der Waals surface area contributed by atoms with Crippen molar-refractivity contribution in [3.63, 3.8) is 0 Å². The Bertz CT molecular complexity index is 765. The lowest BCUT2D eigenvalue weighted by atomic mass is 10.3. The van der Waals surface area contributed by atoms with Crippen LogP contribution in [0.25, 0.3) is 12.2 Å². The van der Waals surface area contributed by atoms with Crippen LogP contribution in [0.4, 0.5) is 5.88 Å². The number of thiophene rings is 1. The molecule has 7 heteroatoms. The Morgan fingerprint density at radius 3 is 2.83 bits per heavy atom. The summed E-state index contributed by atoms with van der Waals surface area (Å²) in [5, 5.41) is 11.3. The summed E-state index contributed by atoms with van der Waals surface area (Å²) in [4.78, 5) is 20.9. The van der Waals surface area contributed by atoms with Gasteiger partial charge in [-0.2, -0.15) is 10.2 Å². The molecular weight excluding hydrogens is 324 g/mol. The van der Waals surface area contributed by atoms with E-state index in [1.54, 1.807) is 17.4 Å². The number of anilines is 1. The summed E-state index contributed by atoms with van der Waals surface area (Å²) in [5.74, 6) is 1.07. The maximum absolute atomic E-state index is 11.7. The third-order valence-corrected chi connectivity index (χ3v) is 4.72. The first-order valence-corrected chi connectivity index (χ1v) is 8.74. The molecule has 6 nitrogen and oxygen atoms in total. The summed E-state index contributed by atoms with van der Waals surface area (Å²) >= 11 is 1.62. The number of hydrogen-bond donors (Lipinski definition) is 0. The molecule has 0 spiro atoms. The van der Waals surface area contributed by atoms with Crippen LogP contribution in [0.3, 0.4) is 0 Å². The number of rotatable bonds is 4. The maximum atomic E-state index is 11.7. The van der Waals surface area contributed by atoms with Crippen molar-refractivity contribution in [2.75, 3.05) is 31.1 Å². The number of oxazole rings is 1. The number of hydrogen-bond acceptors (Lipinski definition) is 6. The van der Waals surface area contributed by atoms with Crippen molar-refractivity contribution in [1.82, 2.24) is 9.88 Å². The van der Waals surface area contributed by atoms with Crippen molar-refractivity contribution in [3.8, 4) is 6.07 Å². The highest BCUT2D eigenvalue weighted by Crippen LogP contribution is 2.24. The van der Waals surface area contributed by atoms with Gasteiger partial charge in [-0.3, -0.25) is 4.79 Å². The van der Waals surface area contributed by atoms with Crippen LogP contribution in [0.2, 0.25) is 0 Å². The first kappa shape index (κ1) is 16.3. The van der Waals surface area contributed by atoms with Crippen molar-refractivity contribution in [1.29, 1.82) is 5.26 Å². The van der Waals surface area contributed by atoms with Crippen LogP contribution >= 0.6 is 11.3 Å². The lowest BCUT2D eigenvalue weighted by Crippen LogP contribution is -2.48. The molecule has 1 aliphatic heterocycles. The zero-order valence-electron chi connectivity index (χ0n) is 13.4. The second-order valence-corrected chi connectivity index (χ2v) is 6.37. The molecule has 2 aromatic heterocycles. The zero-order valence-corrected chi connectivity index (χ0v) is 14.3. The molecule has 2 aromatic rings. The second kappa shape index (κ2) is 7.32. The Balaban J connectivity index is 1.72. The molecule has 124 valence electrons. The normalized spacial score (nSPS) is 15.0. The van der Waals surface area contributed by atoms with Gasteiger partial charge in [0.25, 0.3) is 0 Å². The van der Waals surface area contributed by atoms with Gasteiger partial charge in [0, 0.05) is 43.6 Å². The summed E-state index contributed by atoms with van der Waals surface area (Å²) in [6.07, 6.45) is 4.20. The van der Waals surface area contributed by atoms with Crippen LogP contribution in [0, 0.1) is 11.3 Å². The average Bonchev–Trinajstić information content (AvgIpc) is 3.28. The summed E-state index contributed by atoms with van der Waals surface area (Å²) < 4.78 is 5.77. The van der Waals surface area contributed by atoms with Gasteiger partial charge in [-0.1, -0.05) is 13.0 Å². The molecule has 0 atom stereocenters. The Kier molecular flexibility index (Phi) is 4.96. The number of carbonyl (C=O) groups excluding carboxylic acids is 1. The molecule has 3 rings (SSSR count). The smallest absolute Gasteiger partial charge is 0.235 e. The largest absolute Gasteiger partial charge is 0.420 e. The van der Waals surface area contributed by atoms with E-state index in [0.717, 1.165) is 4.88 Å². The molecule has 24 heavy (non-hydrogen) atoms. The quantitative estimate of drug-likeness (QED) is 0.854. The summed E-state index contributed by atoms with van der Waals surface area (Å²) in [6, 6.07) is 6.07. The zero-order chi connectivity index (χ0) is 16.9. The predicted molar refractivity (Wildman–Crippen MR) is 93.5 cm³/mol. The molecule has 1 aliphatic rings. The summed E-state index contributed by atoms with van der Waals surface area (Å²) in [7, 11) is 0. The van der Waals surface area contributed by atoms with E-state index >= 15 is 0 Å². The lowest BCUT2D eigenvalue weighted by Gasteiger charge is -2.34. The number of piperazine rings is 1. The Morgan fingerprint density at radius 2 is 2.21 bits per heavy atom. The van der Waals surface area contributed by atoms with Gasteiger partial charge in [-0.25, -0.2) is 0 Å². The first-order chi connectivity index (χ1) is 11.7. The molecule has 1 fully saturated rings. The molecule has 3 heterocycles. The van der Waals surface area contributed by atoms with Crippen LogP contribution < -0.4 is 4.90 Å². The van der Waals surface area contributed by atoms with Crippen LogP contribution in [0.15, 0.2) is 21.9 Å². The van der Waals surface area contributed by atoms with Crippen molar-refractivity contribution in [2.24, 2.45) is 0 Å². The first-order valence-electron chi connectivity index (χ1n) is 7.86. The number of aromatic nitrogens is 1. The van der Waals surface area contributed by atoms with Crippen molar-refractivity contribution < 1.29 is 9.21 Å². The number of amides is 1. The topological polar surface area (TPSA) is 73.4 Å². The molecule has 0 aromatic carbocycles. The molecule has 1 saturated heterocycles. The molecule has 1 amide bonds. The van der Waals surface area contributed by atoms with E-state index in [2.05, 4.69) is 11.1 Å². The van der Waals surface area contributed by atoms with Gasteiger partial charge in [-0.05, 0) is 17.5 Å². The Labute approximate surface area is 144 Å². The number of nitrogens with zero attached hydrogens (tertiary/aromatic N) is 4. The molecule has 0 unspecified atom stereocenters. The van der Waals surface area contributed by atoms with E-state index in [9.17, 15) is 10.1 Å². The van der Waals surface area contributed by atoms with Gasteiger partial charge in [0.1, 0.15) is 6.07 Å². The van der Waals surface area contributed by atoms with E-state index in [1.165, 1.54) is 0 Å². The highest BCUT2D eigenvalue weighted by molar-refractivity contribution is 7.10. The third kappa shape index (κ3) is 3.49. The SMILES string of the molecule is CCC(=O)N1CCN(c2oc(/C=C/c3cccs3)nc2C#N)CC1. The minimum absolute atomic E-state index is 0.160. The van der Waals surface area contributed by atoms with E-state index in [4.69, 9.17) is 4.42 Å². The van der Waals surface area contributed by atoms with Crippen LogP contribution in [0.5, 0.6) is 0 Å². The van der Waals surface area contributed by atoms with Gasteiger partial charge >= 0.3 is 0 Å². The standard InChI is InChI=1S/C17H18N4O2S/c1-2-16(22)20-7-9-21(10-8-20)17-14(12-18)19-15(23-17)6-5-13-4-3-11-24-13/h3-6,11H,2,7-10H2,1H3/b6-5+. The van der Waals surface area contributed by atoms with Gasteiger partial charge in [0.15, 0.2) is 0 Å². The van der Waals surface area contributed by atoms with Crippen LogP contribution in [0.1, 0.15) is 29.8 Å².